The van der Waals surface area contributed by atoms with Crippen LogP contribution >= 0.6 is 11.6 Å². The molecule has 0 radical (unpaired) electrons. The minimum absolute atomic E-state index is 0.0522. The minimum atomic E-state index is -3.60. The lowest BCUT2D eigenvalue weighted by atomic mass is 10.4. The molecule has 0 spiro atoms. The lowest BCUT2D eigenvalue weighted by Gasteiger charge is -2.09. The molecule has 1 saturated carbocycles. The van der Waals surface area contributed by atoms with Gasteiger partial charge in [0.25, 0.3) is 0 Å². The second-order valence-corrected chi connectivity index (χ2v) is 7.12. The summed E-state index contributed by atoms with van der Waals surface area (Å²) in [6.45, 7) is 3.89. The van der Waals surface area contributed by atoms with Crippen molar-refractivity contribution in [2.24, 2.45) is 5.92 Å². The average molecular weight is 334 g/mol. The molecule has 0 bridgehead atoms. The Balaban J connectivity index is 1.86. The van der Waals surface area contributed by atoms with E-state index in [0.717, 1.165) is 0 Å². The zero-order chi connectivity index (χ0) is 15.3. The van der Waals surface area contributed by atoms with Gasteiger partial charge in [-0.1, -0.05) is 11.6 Å². The highest BCUT2D eigenvalue weighted by atomic mass is 35.5. The lowest BCUT2D eigenvalue weighted by molar-refractivity contribution is 0.129. The third-order valence-corrected chi connectivity index (χ3v) is 4.78. The van der Waals surface area contributed by atoms with E-state index >= 15 is 0 Å². The predicted molar refractivity (Wildman–Crippen MR) is 82.1 cm³/mol. The molecule has 8 heteroatoms. The number of hydrogen-bond donors (Lipinski definition) is 2. The third kappa shape index (κ3) is 5.10. The van der Waals surface area contributed by atoms with E-state index in [1.807, 2.05) is 6.92 Å². The van der Waals surface area contributed by atoms with Crippen LogP contribution in [0, 0.1) is 5.92 Å². The SMILES string of the molecule is CCNc1ncc(S(=O)(=O)NCCOCC2CC2)cc1Cl. The molecule has 1 aromatic rings. The zero-order valence-electron chi connectivity index (χ0n) is 11.9. The Hall–Kier alpha value is -0.890. The number of halogens is 1. The van der Waals surface area contributed by atoms with Crippen LogP contribution in [-0.2, 0) is 14.8 Å². The number of hydrogen-bond acceptors (Lipinski definition) is 5. The molecule has 1 aliphatic carbocycles. The molecule has 2 N–H and O–H groups in total. The number of nitrogens with one attached hydrogen (secondary N) is 2. The van der Waals surface area contributed by atoms with Gasteiger partial charge in [-0.3, -0.25) is 0 Å². The zero-order valence-corrected chi connectivity index (χ0v) is 13.5. The minimum Gasteiger partial charge on any atom is -0.380 e. The van der Waals surface area contributed by atoms with Crippen LogP contribution in [0.2, 0.25) is 5.02 Å². The van der Waals surface area contributed by atoms with Crippen molar-refractivity contribution in [2.45, 2.75) is 24.7 Å². The third-order valence-electron chi connectivity index (χ3n) is 3.06. The van der Waals surface area contributed by atoms with Crippen LogP contribution < -0.4 is 10.0 Å². The number of pyridine rings is 1. The Morgan fingerprint density at radius 1 is 1.48 bits per heavy atom. The maximum absolute atomic E-state index is 12.1. The Bertz CT molecular complexity index is 576. The van der Waals surface area contributed by atoms with Gasteiger partial charge in [0.1, 0.15) is 10.7 Å². The number of ether oxygens (including phenoxy) is 1. The van der Waals surface area contributed by atoms with Gasteiger partial charge in [0, 0.05) is 25.9 Å². The fourth-order valence-electron chi connectivity index (χ4n) is 1.73. The topological polar surface area (TPSA) is 80.3 Å². The van der Waals surface area contributed by atoms with E-state index in [4.69, 9.17) is 16.3 Å². The van der Waals surface area contributed by atoms with Crippen LogP contribution in [-0.4, -0.2) is 39.7 Å². The van der Waals surface area contributed by atoms with E-state index in [9.17, 15) is 8.42 Å². The Morgan fingerprint density at radius 2 is 2.24 bits per heavy atom. The van der Waals surface area contributed by atoms with Crippen molar-refractivity contribution in [1.82, 2.24) is 9.71 Å². The Morgan fingerprint density at radius 3 is 2.86 bits per heavy atom. The maximum atomic E-state index is 12.1. The monoisotopic (exact) mass is 333 g/mol. The van der Waals surface area contributed by atoms with Crippen molar-refractivity contribution in [3.8, 4) is 0 Å². The molecule has 0 unspecified atom stereocenters. The summed E-state index contributed by atoms with van der Waals surface area (Å²) >= 11 is 6.00. The van der Waals surface area contributed by atoms with Crippen molar-refractivity contribution in [3.63, 3.8) is 0 Å². The summed E-state index contributed by atoms with van der Waals surface area (Å²) in [4.78, 5) is 4.07. The molecule has 0 aromatic carbocycles. The molecule has 1 heterocycles. The van der Waals surface area contributed by atoms with Crippen LogP contribution in [0.5, 0.6) is 0 Å². The van der Waals surface area contributed by atoms with Crippen LogP contribution in [0.1, 0.15) is 19.8 Å². The second kappa shape index (κ2) is 7.40. The molecule has 1 aromatic heterocycles. The first-order valence-electron chi connectivity index (χ1n) is 6.99. The van der Waals surface area contributed by atoms with Crippen molar-refractivity contribution in [2.75, 3.05) is 31.6 Å². The van der Waals surface area contributed by atoms with E-state index in [0.29, 0.717) is 31.5 Å². The number of sulfonamides is 1. The van der Waals surface area contributed by atoms with E-state index in [-0.39, 0.29) is 16.5 Å². The van der Waals surface area contributed by atoms with Gasteiger partial charge in [0.05, 0.1) is 11.6 Å². The van der Waals surface area contributed by atoms with Crippen molar-refractivity contribution < 1.29 is 13.2 Å². The quantitative estimate of drug-likeness (QED) is 0.674. The van der Waals surface area contributed by atoms with Gasteiger partial charge in [-0.25, -0.2) is 18.1 Å². The maximum Gasteiger partial charge on any atom is 0.242 e. The average Bonchev–Trinajstić information content (AvgIpc) is 3.25. The predicted octanol–water partition coefficient (Wildman–Crippen LogP) is 1.87. The highest BCUT2D eigenvalue weighted by Crippen LogP contribution is 2.28. The standard InChI is InChI=1S/C13H20ClN3O3S/c1-2-15-13-12(14)7-11(8-16-13)21(18,19)17-5-6-20-9-10-3-4-10/h7-8,10,17H,2-6,9H2,1H3,(H,15,16). The van der Waals surface area contributed by atoms with Crippen LogP contribution in [0.25, 0.3) is 0 Å². The van der Waals surface area contributed by atoms with Gasteiger partial charge in [-0.05, 0) is 31.7 Å². The number of rotatable bonds is 9. The van der Waals surface area contributed by atoms with E-state index in [2.05, 4.69) is 15.0 Å². The van der Waals surface area contributed by atoms with Crippen LogP contribution in [0.3, 0.4) is 0 Å². The van der Waals surface area contributed by atoms with Gasteiger partial charge in [-0.2, -0.15) is 0 Å². The highest BCUT2D eigenvalue weighted by Gasteiger charge is 2.21. The lowest BCUT2D eigenvalue weighted by Crippen LogP contribution is -2.27. The van der Waals surface area contributed by atoms with Gasteiger partial charge in [0.2, 0.25) is 10.0 Å². The van der Waals surface area contributed by atoms with Crippen LogP contribution in [0.4, 0.5) is 5.82 Å². The summed E-state index contributed by atoms with van der Waals surface area (Å²) in [6.07, 6.45) is 3.72. The molecular formula is C13H20ClN3O3S. The van der Waals surface area contributed by atoms with Gasteiger partial charge >= 0.3 is 0 Å². The van der Waals surface area contributed by atoms with Gasteiger partial charge < -0.3 is 10.1 Å². The molecule has 2 rings (SSSR count). The van der Waals surface area contributed by atoms with Gasteiger partial charge in [0.15, 0.2) is 0 Å². The normalized spacial score (nSPS) is 15.1. The summed E-state index contributed by atoms with van der Waals surface area (Å²) in [5.41, 5.74) is 0. The van der Waals surface area contributed by atoms with Gasteiger partial charge in [-0.15, -0.1) is 0 Å². The molecule has 1 fully saturated rings. The van der Waals surface area contributed by atoms with Crippen molar-refractivity contribution in [3.05, 3.63) is 17.3 Å². The fraction of sp³-hybridized carbons (Fsp3) is 0.615. The molecular weight excluding hydrogens is 314 g/mol. The van der Waals surface area contributed by atoms with E-state index in [1.54, 1.807) is 0 Å². The molecule has 0 saturated heterocycles. The fourth-order valence-corrected chi connectivity index (χ4v) is 3.01. The highest BCUT2D eigenvalue weighted by molar-refractivity contribution is 7.89. The first kappa shape index (κ1) is 16.5. The van der Waals surface area contributed by atoms with Crippen LogP contribution in [0.15, 0.2) is 17.2 Å². The number of nitrogens with zero attached hydrogens (tertiary/aromatic N) is 1. The molecule has 0 aliphatic heterocycles. The summed E-state index contributed by atoms with van der Waals surface area (Å²) in [6, 6.07) is 1.39. The summed E-state index contributed by atoms with van der Waals surface area (Å²) < 4.78 is 32.0. The second-order valence-electron chi connectivity index (χ2n) is 4.95. The largest absolute Gasteiger partial charge is 0.380 e. The van der Waals surface area contributed by atoms with Crippen molar-refractivity contribution >= 4 is 27.4 Å². The smallest absolute Gasteiger partial charge is 0.242 e. The van der Waals surface area contributed by atoms with Crippen molar-refractivity contribution in [1.29, 1.82) is 0 Å². The molecule has 0 amide bonds. The Kier molecular flexibility index (Phi) is 5.80. The molecule has 6 nitrogen and oxygen atoms in total. The molecule has 1 aliphatic rings. The first-order valence-corrected chi connectivity index (χ1v) is 8.86. The summed E-state index contributed by atoms with van der Waals surface area (Å²) in [5.74, 6) is 1.15. The first-order chi connectivity index (χ1) is 10.0. The number of anilines is 1. The molecule has 0 atom stereocenters. The Labute approximate surface area is 130 Å². The van der Waals surface area contributed by atoms with E-state index < -0.39 is 10.0 Å². The summed E-state index contributed by atoms with van der Waals surface area (Å²) in [5, 5.41) is 3.23. The molecule has 118 valence electrons. The summed E-state index contributed by atoms with van der Waals surface area (Å²) in [7, 11) is -3.60. The number of aromatic nitrogens is 1. The molecule has 21 heavy (non-hydrogen) atoms. The van der Waals surface area contributed by atoms with E-state index in [1.165, 1.54) is 25.1 Å².